The fraction of sp³-hybridized carbons (Fsp3) is 0.640. The van der Waals surface area contributed by atoms with Gasteiger partial charge in [0.25, 0.3) is 0 Å². The zero-order chi connectivity index (χ0) is 23.3. The quantitative estimate of drug-likeness (QED) is 0.378. The van der Waals surface area contributed by atoms with Gasteiger partial charge < -0.3 is 20.5 Å². The van der Waals surface area contributed by atoms with Gasteiger partial charge >= 0.3 is 5.97 Å². The molecule has 0 aromatic heterocycles. The van der Waals surface area contributed by atoms with Gasteiger partial charge in [0, 0.05) is 25.8 Å². The van der Waals surface area contributed by atoms with Crippen molar-refractivity contribution >= 4 is 17.8 Å². The fourth-order valence-electron chi connectivity index (χ4n) is 3.91. The molecular formula is C25H38N2O5. The molecule has 0 aliphatic heterocycles. The van der Waals surface area contributed by atoms with Crippen LogP contribution in [0.25, 0.3) is 0 Å². The Labute approximate surface area is 191 Å². The lowest BCUT2D eigenvalue weighted by molar-refractivity contribution is -0.137. The van der Waals surface area contributed by atoms with Gasteiger partial charge in [-0.2, -0.15) is 0 Å². The lowest BCUT2D eigenvalue weighted by Crippen LogP contribution is -2.48. The van der Waals surface area contributed by atoms with E-state index in [4.69, 9.17) is 9.84 Å². The lowest BCUT2D eigenvalue weighted by Gasteiger charge is -2.20. The topological polar surface area (TPSA) is 105 Å². The second kappa shape index (κ2) is 13.8. The molecule has 1 saturated carbocycles. The zero-order valence-electron chi connectivity index (χ0n) is 19.4. The van der Waals surface area contributed by atoms with Crippen molar-refractivity contribution in [3.05, 3.63) is 29.8 Å². The van der Waals surface area contributed by atoms with Gasteiger partial charge in [-0.1, -0.05) is 51.7 Å². The summed E-state index contributed by atoms with van der Waals surface area (Å²) in [5.74, 6) is 0.547. The molecule has 1 atom stereocenters. The van der Waals surface area contributed by atoms with E-state index in [1.807, 2.05) is 26.0 Å². The highest BCUT2D eigenvalue weighted by molar-refractivity contribution is 5.87. The van der Waals surface area contributed by atoms with Crippen LogP contribution in [0, 0.1) is 11.8 Å². The third-order valence-electron chi connectivity index (χ3n) is 5.76. The summed E-state index contributed by atoms with van der Waals surface area (Å²) in [5.41, 5.74) is 0.920. The van der Waals surface area contributed by atoms with E-state index in [2.05, 4.69) is 10.6 Å². The first-order valence-electron chi connectivity index (χ1n) is 11.8. The zero-order valence-corrected chi connectivity index (χ0v) is 19.4. The second-order valence-corrected chi connectivity index (χ2v) is 9.14. The Morgan fingerprint density at radius 1 is 1.09 bits per heavy atom. The van der Waals surface area contributed by atoms with Gasteiger partial charge in [0.15, 0.2) is 0 Å². The molecule has 7 nitrogen and oxygen atoms in total. The number of rotatable bonds is 14. The van der Waals surface area contributed by atoms with Crippen molar-refractivity contribution in [2.75, 3.05) is 13.2 Å². The van der Waals surface area contributed by atoms with Crippen molar-refractivity contribution in [1.29, 1.82) is 0 Å². The number of hydrogen-bond donors (Lipinski definition) is 3. The minimum absolute atomic E-state index is 0.0695. The van der Waals surface area contributed by atoms with Crippen LogP contribution in [-0.2, 0) is 20.8 Å². The summed E-state index contributed by atoms with van der Waals surface area (Å²) >= 11 is 0. The van der Waals surface area contributed by atoms with Gasteiger partial charge in [-0.3, -0.25) is 14.4 Å². The normalized spacial score (nSPS) is 14.8. The molecule has 0 bridgehead atoms. The maximum Gasteiger partial charge on any atom is 0.303 e. The molecule has 1 aromatic rings. The SMILES string of the molecule is CC(C)CNC(=O)[C@H](Cc1ccc(OCCCC(=O)O)cc1)NC(=O)CCC1CCCC1. The van der Waals surface area contributed by atoms with Gasteiger partial charge in [0.2, 0.25) is 11.8 Å². The van der Waals surface area contributed by atoms with E-state index in [1.165, 1.54) is 25.7 Å². The predicted molar refractivity (Wildman–Crippen MR) is 123 cm³/mol. The van der Waals surface area contributed by atoms with Gasteiger partial charge in [-0.15, -0.1) is 0 Å². The molecular weight excluding hydrogens is 408 g/mol. The number of carboxylic acids is 1. The summed E-state index contributed by atoms with van der Waals surface area (Å²) < 4.78 is 5.56. The van der Waals surface area contributed by atoms with Gasteiger partial charge in [0.1, 0.15) is 11.8 Å². The number of benzene rings is 1. The number of carboxylic acid groups (broad SMARTS) is 1. The van der Waals surface area contributed by atoms with Gasteiger partial charge in [-0.05, 0) is 42.4 Å². The summed E-state index contributed by atoms with van der Waals surface area (Å²) in [6.45, 7) is 4.97. The molecule has 0 unspecified atom stereocenters. The molecule has 2 rings (SSSR count). The Hall–Kier alpha value is -2.57. The molecule has 2 amide bonds. The molecule has 7 heteroatoms. The highest BCUT2D eigenvalue weighted by Crippen LogP contribution is 2.28. The number of ether oxygens (including phenoxy) is 1. The molecule has 1 aliphatic carbocycles. The standard InChI is InChI=1S/C25H38N2O5/c1-18(2)17-26-25(31)22(27-23(28)14-11-19-6-3-4-7-19)16-20-9-12-21(13-10-20)32-15-5-8-24(29)30/h9-10,12-13,18-19,22H,3-8,11,14-17H2,1-2H3,(H,26,31)(H,27,28)(H,29,30)/t22-/m0/s1. The number of carbonyl (C=O) groups is 3. The Bertz CT molecular complexity index is 726. The van der Waals surface area contributed by atoms with E-state index < -0.39 is 12.0 Å². The lowest BCUT2D eigenvalue weighted by atomic mass is 10.0. The first-order chi connectivity index (χ1) is 15.3. The van der Waals surface area contributed by atoms with Crippen molar-refractivity contribution in [2.45, 2.75) is 77.7 Å². The van der Waals surface area contributed by atoms with E-state index in [1.54, 1.807) is 12.1 Å². The molecule has 3 N–H and O–H groups in total. The third-order valence-corrected chi connectivity index (χ3v) is 5.76. The summed E-state index contributed by atoms with van der Waals surface area (Å²) in [7, 11) is 0. The van der Waals surface area contributed by atoms with Crippen LogP contribution in [0.2, 0.25) is 0 Å². The molecule has 178 valence electrons. The third kappa shape index (κ3) is 10.2. The van der Waals surface area contributed by atoms with E-state index in [-0.39, 0.29) is 18.2 Å². The largest absolute Gasteiger partial charge is 0.494 e. The number of carbonyl (C=O) groups excluding carboxylic acids is 2. The maximum absolute atomic E-state index is 12.7. The van der Waals surface area contributed by atoms with Crippen LogP contribution in [0.4, 0.5) is 0 Å². The molecule has 0 radical (unpaired) electrons. The molecule has 1 fully saturated rings. The first-order valence-corrected chi connectivity index (χ1v) is 11.8. The first kappa shape index (κ1) is 25.7. The van der Waals surface area contributed by atoms with E-state index in [0.29, 0.717) is 50.0 Å². The van der Waals surface area contributed by atoms with E-state index in [0.717, 1.165) is 12.0 Å². The Kier molecular flexibility index (Phi) is 11.0. The summed E-state index contributed by atoms with van der Waals surface area (Å²) in [4.78, 5) is 35.8. The summed E-state index contributed by atoms with van der Waals surface area (Å²) in [5, 5.41) is 14.6. The summed E-state index contributed by atoms with van der Waals surface area (Å²) in [6.07, 6.45) is 7.19. The molecule has 32 heavy (non-hydrogen) atoms. The van der Waals surface area contributed by atoms with Crippen molar-refractivity contribution in [3.63, 3.8) is 0 Å². The Balaban J connectivity index is 1.90. The molecule has 1 aromatic carbocycles. The van der Waals surface area contributed by atoms with E-state index >= 15 is 0 Å². The highest BCUT2D eigenvalue weighted by Gasteiger charge is 2.22. The minimum Gasteiger partial charge on any atom is -0.494 e. The number of aliphatic carboxylic acids is 1. The van der Waals surface area contributed by atoms with Crippen LogP contribution in [0.1, 0.15) is 70.8 Å². The van der Waals surface area contributed by atoms with Crippen molar-refractivity contribution in [3.8, 4) is 5.75 Å². The van der Waals surface area contributed by atoms with Crippen molar-refractivity contribution < 1.29 is 24.2 Å². The van der Waals surface area contributed by atoms with Crippen LogP contribution in [0.15, 0.2) is 24.3 Å². The van der Waals surface area contributed by atoms with Crippen molar-refractivity contribution in [2.24, 2.45) is 11.8 Å². The predicted octanol–water partition coefficient (Wildman–Crippen LogP) is 3.70. The average Bonchev–Trinajstić information content (AvgIpc) is 3.28. The molecule has 0 spiro atoms. The number of hydrogen-bond acceptors (Lipinski definition) is 4. The van der Waals surface area contributed by atoms with Crippen LogP contribution in [0.5, 0.6) is 5.75 Å². The highest BCUT2D eigenvalue weighted by atomic mass is 16.5. The number of amides is 2. The molecule has 0 heterocycles. The smallest absolute Gasteiger partial charge is 0.303 e. The Morgan fingerprint density at radius 2 is 1.78 bits per heavy atom. The monoisotopic (exact) mass is 446 g/mol. The summed E-state index contributed by atoms with van der Waals surface area (Å²) in [6, 6.07) is 6.74. The second-order valence-electron chi connectivity index (χ2n) is 9.14. The number of nitrogens with one attached hydrogen (secondary N) is 2. The van der Waals surface area contributed by atoms with Gasteiger partial charge in [0.05, 0.1) is 6.61 Å². The van der Waals surface area contributed by atoms with Crippen molar-refractivity contribution in [1.82, 2.24) is 10.6 Å². The molecule has 1 aliphatic rings. The van der Waals surface area contributed by atoms with Crippen LogP contribution < -0.4 is 15.4 Å². The fourth-order valence-corrected chi connectivity index (χ4v) is 3.91. The van der Waals surface area contributed by atoms with Crippen LogP contribution >= 0.6 is 0 Å². The minimum atomic E-state index is -0.837. The van der Waals surface area contributed by atoms with Gasteiger partial charge in [-0.25, -0.2) is 0 Å². The Morgan fingerprint density at radius 3 is 2.41 bits per heavy atom. The van der Waals surface area contributed by atoms with Crippen LogP contribution in [0.3, 0.4) is 0 Å². The molecule has 0 saturated heterocycles. The van der Waals surface area contributed by atoms with E-state index in [9.17, 15) is 14.4 Å². The van der Waals surface area contributed by atoms with Crippen LogP contribution in [-0.4, -0.2) is 42.1 Å². The maximum atomic E-state index is 12.7. The average molecular weight is 447 g/mol.